The average Bonchev–Trinajstić information content (AvgIpc) is 3.44. The van der Waals surface area contributed by atoms with Gasteiger partial charge in [0, 0.05) is 31.3 Å². The normalized spacial score (nSPS) is 16.2. The van der Waals surface area contributed by atoms with E-state index < -0.39 is 0 Å². The Labute approximate surface area is 180 Å². The number of carbonyl (C=O) groups is 1. The maximum Gasteiger partial charge on any atom is 0.274 e. The third-order valence-electron chi connectivity index (χ3n) is 5.21. The number of benzene rings is 1. The predicted molar refractivity (Wildman–Crippen MR) is 112 cm³/mol. The summed E-state index contributed by atoms with van der Waals surface area (Å²) < 4.78 is 12.8. The van der Waals surface area contributed by atoms with E-state index in [1.165, 1.54) is 0 Å². The number of nitrogens with zero attached hydrogens (tertiary/aromatic N) is 5. The molecule has 31 heavy (non-hydrogen) atoms. The zero-order valence-corrected chi connectivity index (χ0v) is 17.3. The van der Waals surface area contributed by atoms with Crippen molar-refractivity contribution in [3.8, 4) is 17.6 Å². The molecule has 9 nitrogen and oxygen atoms in total. The molecule has 3 heterocycles. The Hall–Kier alpha value is -3.64. The Kier molecular flexibility index (Phi) is 6.00. The van der Waals surface area contributed by atoms with Gasteiger partial charge in [0.1, 0.15) is 0 Å². The van der Waals surface area contributed by atoms with Crippen molar-refractivity contribution in [3.63, 3.8) is 0 Å². The summed E-state index contributed by atoms with van der Waals surface area (Å²) in [6.07, 6.45) is 2.55. The Bertz CT molecular complexity index is 1100. The first-order valence-corrected chi connectivity index (χ1v) is 10.3. The van der Waals surface area contributed by atoms with E-state index in [0.29, 0.717) is 36.0 Å². The number of nitrogens with two attached hydrogens (primary N) is 1. The lowest BCUT2D eigenvalue weighted by atomic mass is 10.1. The molecule has 4 rings (SSSR count). The van der Waals surface area contributed by atoms with Gasteiger partial charge in [-0.05, 0) is 43.5 Å². The summed E-state index contributed by atoms with van der Waals surface area (Å²) in [5.41, 5.74) is 8.36. The SMILES string of the molecule is CCc1cc(COc2cc(C(=O)N3CCC[C@@H](N)C3)nn2-c2ccc(C#N)cc2)on1. The number of aromatic nitrogens is 3. The molecule has 1 aromatic carbocycles. The quantitative estimate of drug-likeness (QED) is 0.649. The van der Waals surface area contributed by atoms with Gasteiger partial charge in [0.15, 0.2) is 18.1 Å². The molecule has 2 N–H and O–H groups in total. The number of piperidine rings is 1. The molecule has 9 heteroatoms. The van der Waals surface area contributed by atoms with E-state index in [-0.39, 0.29) is 24.2 Å². The lowest BCUT2D eigenvalue weighted by Gasteiger charge is -2.30. The van der Waals surface area contributed by atoms with Crippen LogP contribution in [0.25, 0.3) is 5.69 Å². The fourth-order valence-corrected chi connectivity index (χ4v) is 3.53. The van der Waals surface area contributed by atoms with Crippen molar-refractivity contribution in [1.29, 1.82) is 5.26 Å². The number of hydrogen-bond donors (Lipinski definition) is 1. The summed E-state index contributed by atoms with van der Waals surface area (Å²) in [4.78, 5) is 14.8. The number of nitriles is 1. The van der Waals surface area contributed by atoms with Gasteiger partial charge in [0.05, 0.1) is 23.0 Å². The molecule has 2 aromatic heterocycles. The summed E-state index contributed by atoms with van der Waals surface area (Å²) in [5.74, 6) is 0.795. The number of hydrogen-bond acceptors (Lipinski definition) is 7. The minimum Gasteiger partial charge on any atom is -0.469 e. The molecule has 0 bridgehead atoms. The summed E-state index contributed by atoms with van der Waals surface area (Å²) in [6.45, 7) is 3.31. The van der Waals surface area contributed by atoms with Crippen LogP contribution in [-0.4, -0.2) is 44.9 Å². The van der Waals surface area contributed by atoms with Crippen molar-refractivity contribution in [2.45, 2.75) is 38.8 Å². The lowest BCUT2D eigenvalue weighted by molar-refractivity contribution is 0.0702. The van der Waals surface area contributed by atoms with E-state index in [0.717, 1.165) is 25.0 Å². The Morgan fingerprint density at radius 1 is 1.35 bits per heavy atom. The fraction of sp³-hybridized carbons (Fsp3) is 0.364. The molecule has 3 aromatic rings. The molecule has 1 atom stereocenters. The predicted octanol–water partition coefficient (Wildman–Crippen LogP) is 2.44. The Balaban J connectivity index is 1.62. The first-order valence-electron chi connectivity index (χ1n) is 10.3. The summed E-state index contributed by atoms with van der Waals surface area (Å²) >= 11 is 0. The van der Waals surface area contributed by atoms with Crippen LogP contribution >= 0.6 is 0 Å². The van der Waals surface area contributed by atoms with Crippen LogP contribution in [0.1, 0.15) is 47.3 Å². The van der Waals surface area contributed by atoms with Crippen molar-refractivity contribution in [3.05, 3.63) is 59.1 Å². The molecule has 0 spiro atoms. The number of carbonyl (C=O) groups excluding carboxylic acids is 1. The first kappa shape index (κ1) is 20.6. The molecular formula is C22H24N6O3. The molecule has 1 amide bonds. The van der Waals surface area contributed by atoms with Gasteiger partial charge >= 0.3 is 0 Å². The highest BCUT2D eigenvalue weighted by atomic mass is 16.5. The van der Waals surface area contributed by atoms with Crippen LogP contribution in [0.2, 0.25) is 0 Å². The average molecular weight is 420 g/mol. The number of ether oxygens (including phenoxy) is 1. The maximum atomic E-state index is 13.0. The molecule has 0 aliphatic carbocycles. The van der Waals surface area contributed by atoms with Gasteiger partial charge in [0.2, 0.25) is 5.88 Å². The lowest BCUT2D eigenvalue weighted by Crippen LogP contribution is -2.45. The highest BCUT2D eigenvalue weighted by molar-refractivity contribution is 5.92. The van der Waals surface area contributed by atoms with Crippen LogP contribution in [0.5, 0.6) is 5.88 Å². The monoisotopic (exact) mass is 420 g/mol. The van der Waals surface area contributed by atoms with Crippen molar-refractivity contribution in [2.75, 3.05) is 13.1 Å². The van der Waals surface area contributed by atoms with E-state index in [1.807, 2.05) is 13.0 Å². The zero-order valence-electron chi connectivity index (χ0n) is 17.3. The molecular weight excluding hydrogens is 396 g/mol. The number of rotatable bonds is 6. The topological polar surface area (TPSA) is 123 Å². The zero-order chi connectivity index (χ0) is 21.8. The highest BCUT2D eigenvalue weighted by Crippen LogP contribution is 2.23. The first-order chi connectivity index (χ1) is 15.1. The molecule has 0 unspecified atom stereocenters. The maximum absolute atomic E-state index is 13.0. The minimum atomic E-state index is -0.180. The van der Waals surface area contributed by atoms with E-state index in [2.05, 4.69) is 16.3 Å². The second-order valence-electron chi connectivity index (χ2n) is 7.52. The second kappa shape index (κ2) is 9.02. The summed E-state index contributed by atoms with van der Waals surface area (Å²) in [5, 5.41) is 17.5. The molecule has 1 aliphatic rings. The van der Waals surface area contributed by atoms with E-state index in [4.69, 9.17) is 20.3 Å². The van der Waals surface area contributed by atoms with Gasteiger partial charge in [0.25, 0.3) is 5.91 Å². The van der Waals surface area contributed by atoms with Crippen LogP contribution < -0.4 is 10.5 Å². The largest absolute Gasteiger partial charge is 0.469 e. The molecule has 0 radical (unpaired) electrons. The van der Waals surface area contributed by atoms with E-state index >= 15 is 0 Å². The smallest absolute Gasteiger partial charge is 0.274 e. The standard InChI is InChI=1S/C22H24N6O3/c1-2-17-10-19(31-26-17)14-30-21-11-20(22(29)27-9-3-4-16(24)13-27)25-28(21)18-7-5-15(12-23)6-8-18/h5-8,10-11,16H,2-4,9,13-14,24H2,1H3/t16-/m1/s1. The molecule has 1 aliphatic heterocycles. The highest BCUT2D eigenvalue weighted by Gasteiger charge is 2.26. The summed E-state index contributed by atoms with van der Waals surface area (Å²) in [6, 6.07) is 12.4. The van der Waals surface area contributed by atoms with Crippen LogP contribution in [0.15, 0.2) is 40.9 Å². The van der Waals surface area contributed by atoms with Crippen molar-refractivity contribution >= 4 is 5.91 Å². The van der Waals surface area contributed by atoms with Gasteiger partial charge < -0.3 is 19.9 Å². The molecule has 1 fully saturated rings. The summed E-state index contributed by atoms with van der Waals surface area (Å²) in [7, 11) is 0. The third-order valence-corrected chi connectivity index (χ3v) is 5.21. The van der Waals surface area contributed by atoms with Crippen LogP contribution in [-0.2, 0) is 13.0 Å². The molecule has 0 saturated carbocycles. The van der Waals surface area contributed by atoms with Crippen molar-refractivity contribution in [1.82, 2.24) is 19.8 Å². The van der Waals surface area contributed by atoms with Gasteiger partial charge in [-0.15, -0.1) is 0 Å². The van der Waals surface area contributed by atoms with Crippen molar-refractivity contribution in [2.24, 2.45) is 5.73 Å². The number of likely N-dealkylation sites (tertiary alicyclic amines) is 1. The van der Waals surface area contributed by atoms with Gasteiger partial charge in [-0.1, -0.05) is 12.1 Å². The van der Waals surface area contributed by atoms with Crippen molar-refractivity contribution < 1.29 is 14.1 Å². The van der Waals surface area contributed by atoms with E-state index in [9.17, 15) is 4.79 Å². The Morgan fingerprint density at radius 2 is 2.16 bits per heavy atom. The minimum absolute atomic E-state index is 0.0201. The number of aryl methyl sites for hydroxylation is 1. The second-order valence-corrected chi connectivity index (χ2v) is 7.52. The number of amides is 1. The molecule has 160 valence electrons. The van der Waals surface area contributed by atoms with E-state index in [1.54, 1.807) is 39.9 Å². The van der Waals surface area contributed by atoms with Gasteiger partial charge in [-0.25, -0.2) is 4.68 Å². The van der Waals surface area contributed by atoms with Gasteiger partial charge in [-0.2, -0.15) is 10.4 Å². The Morgan fingerprint density at radius 3 is 2.84 bits per heavy atom. The fourth-order valence-electron chi connectivity index (χ4n) is 3.53. The molecule has 1 saturated heterocycles. The van der Waals surface area contributed by atoms with Crippen LogP contribution in [0.4, 0.5) is 0 Å². The third kappa shape index (κ3) is 4.59. The van der Waals surface area contributed by atoms with Crippen LogP contribution in [0, 0.1) is 11.3 Å². The van der Waals surface area contributed by atoms with Gasteiger partial charge in [-0.3, -0.25) is 4.79 Å². The van der Waals surface area contributed by atoms with Crippen LogP contribution in [0.3, 0.4) is 0 Å².